The molecule has 0 radical (unpaired) electrons. The summed E-state index contributed by atoms with van der Waals surface area (Å²) in [4.78, 5) is 0. The van der Waals surface area contributed by atoms with E-state index in [9.17, 15) is 0 Å². The molecule has 0 bridgehead atoms. The smallest absolute Gasteiger partial charge is 0.0410 e. The second-order valence-electron chi connectivity index (χ2n) is 2.37. The van der Waals surface area contributed by atoms with E-state index in [1.165, 1.54) is 0 Å². The molecule has 0 heterocycles. The Hall–Kier alpha value is -0.530. The third-order valence-electron chi connectivity index (χ3n) is 1.19. The van der Waals surface area contributed by atoms with Crippen LogP contribution in [0.3, 0.4) is 0 Å². The minimum absolute atomic E-state index is 0.507. The number of hydrogen-bond donors (Lipinski definition) is 0. The van der Waals surface area contributed by atoms with Crippen LogP contribution in [-0.4, -0.2) is 24.3 Å². The summed E-state index contributed by atoms with van der Waals surface area (Å²) in [5.74, 6) is 0. The van der Waals surface area contributed by atoms with Crippen LogP contribution in [0.15, 0.2) is 5.10 Å². The molecule has 0 amide bonds. The first-order valence-corrected chi connectivity index (χ1v) is 3.43. The molecule has 0 atom stereocenters. The molecule has 0 aromatic rings. The summed E-state index contributed by atoms with van der Waals surface area (Å²) in [6, 6.07) is 0.507. The van der Waals surface area contributed by atoms with Crippen LogP contribution in [0.4, 0.5) is 0 Å². The molecule has 0 rings (SSSR count). The fourth-order valence-corrected chi connectivity index (χ4v) is 0.344. The summed E-state index contributed by atoms with van der Waals surface area (Å²) < 4.78 is 0. The van der Waals surface area contributed by atoms with Gasteiger partial charge in [-0.2, -0.15) is 5.10 Å². The molecule has 54 valence electrons. The van der Waals surface area contributed by atoms with E-state index in [0.29, 0.717) is 6.04 Å². The summed E-state index contributed by atoms with van der Waals surface area (Å²) >= 11 is 0. The minimum Gasteiger partial charge on any atom is -0.298 e. The normalized spacial score (nSPS) is 11.2. The van der Waals surface area contributed by atoms with E-state index < -0.39 is 0 Å². The molecule has 2 nitrogen and oxygen atoms in total. The van der Waals surface area contributed by atoms with Gasteiger partial charge in [-0.1, -0.05) is 6.92 Å². The van der Waals surface area contributed by atoms with Crippen molar-refractivity contribution >= 4 is 6.21 Å². The standard InChI is InChI=1S/C7H16N2/c1-5-6-8-9(4)7(2)3/h6-7H,5H2,1-4H3. The van der Waals surface area contributed by atoms with Crippen molar-refractivity contribution in [3.8, 4) is 0 Å². The summed E-state index contributed by atoms with van der Waals surface area (Å²) in [6.07, 6.45) is 2.93. The van der Waals surface area contributed by atoms with Crippen LogP contribution in [0, 0.1) is 0 Å². The van der Waals surface area contributed by atoms with Crippen LogP contribution in [-0.2, 0) is 0 Å². The van der Waals surface area contributed by atoms with E-state index in [1.807, 2.05) is 18.3 Å². The summed E-state index contributed by atoms with van der Waals surface area (Å²) in [7, 11) is 1.98. The molecule has 2 heteroatoms. The Morgan fingerprint density at radius 3 is 2.44 bits per heavy atom. The van der Waals surface area contributed by atoms with Crippen LogP contribution in [0.25, 0.3) is 0 Å². The van der Waals surface area contributed by atoms with Crippen LogP contribution >= 0.6 is 0 Å². The fraction of sp³-hybridized carbons (Fsp3) is 0.857. The second kappa shape index (κ2) is 4.36. The average Bonchev–Trinajstić information content (AvgIpc) is 1.82. The molecule has 0 saturated carbocycles. The highest BCUT2D eigenvalue weighted by molar-refractivity contribution is 5.55. The average molecular weight is 128 g/mol. The van der Waals surface area contributed by atoms with Crippen LogP contribution in [0.5, 0.6) is 0 Å². The number of nitrogens with zero attached hydrogens (tertiary/aromatic N) is 2. The van der Waals surface area contributed by atoms with Gasteiger partial charge in [0, 0.05) is 19.3 Å². The lowest BCUT2D eigenvalue weighted by molar-refractivity contribution is 0.289. The molecule has 0 aliphatic carbocycles. The van der Waals surface area contributed by atoms with Crippen molar-refractivity contribution < 1.29 is 0 Å². The van der Waals surface area contributed by atoms with E-state index in [1.54, 1.807) is 0 Å². The van der Waals surface area contributed by atoms with Crippen LogP contribution in [0.2, 0.25) is 0 Å². The maximum Gasteiger partial charge on any atom is 0.0410 e. The van der Waals surface area contributed by atoms with Crippen molar-refractivity contribution in [2.75, 3.05) is 7.05 Å². The molecular formula is C7H16N2. The van der Waals surface area contributed by atoms with Crippen molar-refractivity contribution in [2.45, 2.75) is 33.2 Å². The number of rotatable bonds is 3. The van der Waals surface area contributed by atoms with E-state index in [4.69, 9.17) is 0 Å². The lowest BCUT2D eigenvalue weighted by Crippen LogP contribution is -2.19. The van der Waals surface area contributed by atoms with E-state index in [2.05, 4.69) is 25.9 Å². The molecule has 9 heavy (non-hydrogen) atoms. The van der Waals surface area contributed by atoms with E-state index >= 15 is 0 Å². The zero-order valence-corrected chi connectivity index (χ0v) is 6.76. The summed E-state index contributed by atoms with van der Waals surface area (Å²) in [5, 5.41) is 6.10. The highest BCUT2D eigenvalue weighted by Crippen LogP contribution is 1.91. The minimum atomic E-state index is 0.507. The SMILES string of the molecule is CCC=NN(C)C(C)C. The number of hydrogen-bond acceptors (Lipinski definition) is 2. The molecule has 0 aromatic heterocycles. The third kappa shape index (κ3) is 4.01. The van der Waals surface area contributed by atoms with Gasteiger partial charge in [0.2, 0.25) is 0 Å². The Balaban J connectivity index is 3.48. The van der Waals surface area contributed by atoms with Gasteiger partial charge >= 0.3 is 0 Å². The number of hydrazone groups is 1. The van der Waals surface area contributed by atoms with Gasteiger partial charge in [-0.05, 0) is 20.3 Å². The first-order valence-electron chi connectivity index (χ1n) is 3.43. The molecule has 0 saturated heterocycles. The maximum absolute atomic E-state index is 4.15. The zero-order chi connectivity index (χ0) is 7.28. The zero-order valence-electron chi connectivity index (χ0n) is 6.76. The summed E-state index contributed by atoms with van der Waals surface area (Å²) in [5.41, 5.74) is 0. The van der Waals surface area contributed by atoms with Gasteiger partial charge in [0.1, 0.15) is 0 Å². The Labute approximate surface area is 57.6 Å². The van der Waals surface area contributed by atoms with Gasteiger partial charge < -0.3 is 0 Å². The largest absolute Gasteiger partial charge is 0.298 e. The first kappa shape index (κ1) is 8.47. The van der Waals surface area contributed by atoms with Crippen molar-refractivity contribution in [1.29, 1.82) is 0 Å². The molecule has 0 aliphatic rings. The van der Waals surface area contributed by atoms with Crippen LogP contribution < -0.4 is 0 Å². The highest BCUT2D eigenvalue weighted by Gasteiger charge is 1.94. The Morgan fingerprint density at radius 2 is 2.11 bits per heavy atom. The lowest BCUT2D eigenvalue weighted by Gasteiger charge is -2.16. The molecule has 0 N–H and O–H groups in total. The quantitative estimate of drug-likeness (QED) is 0.417. The Morgan fingerprint density at radius 1 is 1.56 bits per heavy atom. The predicted molar refractivity (Wildman–Crippen MR) is 41.7 cm³/mol. The highest BCUT2D eigenvalue weighted by atomic mass is 15.4. The maximum atomic E-state index is 4.15. The Kier molecular flexibility index (Phi) is 4.10. The van der Waals surface area contributed by atoms with Crippen molar-refractivity contribution in [3.05, 3.63) is 0 Å². The summed E-state index contributed by atoms with van der Waals surface area (Å²) in [6.45, 7) is 6.32. The topological polar surface area (TPSA) is 15.6 Å². The lowest BCUT2D eigenvalue weighted by atomic mass is 10.4. The van der Waals surface area contributed by atoms with Gasteiger partial charge in [0.15, 0.2) is 0 Å². The van der Waals surface area contributed by atoms with Gasteiger partial charge in [-0.3, -0.25) is 5.01 Å². The van der Waals surface area contributed by atoms with Gasteiger partial charge in [0.05, 0.1) is 0 Å². The van der Waals surface area contributed by atoms with E-state index in [-0.39, 0.29) is 0 Å². The van der Waals surface area contributed by atoms with Crippen molar-refractivity contribution in [1.82, 2.24) is 5.01 Å². The van der Waals surface area contributed by atoms with Gasteiger partial charge in [-0.25, -0.2) is 0 Å². The molecule has 0 aliphatic heterocycles. The fourth-order valence-electron chi connectivity index (χ4n) is 0.344. The molecule has 0 unspecified atom stereocenters. The van der Waals surface area contributed by atoms with Gasteiger partial charge in [0.25, 0.3) is 0 Å². The molecule has 0 fully saturated rings. The second-order valence-corrected chi connectivity index (χ2v) is 2.37. The van der Waals surface area contributed by atoms with E-state index in [0.717, 1.165) is 6.42 Å². The Bertz CT molecular complexity index is 86.9. The molecular weight excluding hydrogens is 112 g/mol. The predicted octanol–water partition coefficient (Wildman–Crippen LogP) is 1.72. The van der Waals surface area contributed by atoms with Crippen molar-refractivity contribution in [3.63, 3.8) is 0 Å². The molecule has 0 aromatic carbocycles. The third-order valence-corrected chi connectivity index (χ3v) is 1.19. The first-order chi connectivity index (χ1) is 4.18. The molecule has 0 spiro atoms. The van der Waals surface area contributed by atoms with Gasteiger partial charge in [-0.15, -0.1) is 0 Å². The van der Waals surface area contributed by atoms with Crippen molar-refractivity contribution in [2.24, 2.45) is 5.10 Å². The van der Waals surface area contributed by atoms with Crippen LogP contribution in [0.1, 0.15) is 27.2 Å². The monoisotopic (exact) mass is 128 g/mol.